The number of methoxy groups -OCH3 is 2. The minimum Gasteiger partial charge on any atom is -0.508 e. The van der Waals surface area contributed by atoms with Crippen molar-refractivity contribution in [2.45, 2.75) is 189 Å². The smallest absolute Gasteiger partial charge is 0.229 e. The van der Waals surface area contributed by atoms with Crippen LogP contribution in [-0.4, -0.2) is 225 Å². The minimum absolute atomic E-state index is 0.0345. The zero-order chi connectivity index (χ0) is 76.6. The van der Waals surface area contributed by atoms with Crippen molar-refractivity contribution in [2.75, 3.05) is 27.4 Å². The van der Waals surface area contributed by atoms with E-state index in [9.17, 15) is 100 Å². The molecule has 5 unspecified atom stereocenters. The Balaban J connectivity index is 0.000000202. The number of ketones is 6. The minimum atomic E-state index is -2.28. The molecule has 106 heavy (non-hydrogen) atoms. The van der Waals surface area contributed by atoms with Crippen molar-refractivity contribution in [1.29, 1.82) is 0 Å². The van der Waals surface area contributed by atoms with Crippen molar-refractivity contribution in [1.82, 2.24) is 10.6 Å². The van der Waals surface area contributed by atoms with Crippen molar-refractivity contribution in [3.63, 3.8) is 0 Å². The molecule has 6 aromatic carbocycles. The van der Waals surface area contributed by atoms with Crippen LogP contribution in [0.3, 0.4) is 0 Å². The van der Waals surface area contributed by atoms with E-state index in [2.05, 4.69) is 10.6 Å². The average Bonchev–Trinajstić information content (AvgIpc) is 0.715. The number of rotatable bonds is 18. The second-order valence-electron chi connectivity index (χ2n) is 28.0. The summed E-state index contributed by atoms with van der Waals surface area (Å²) in [5.41, 5.74) is -4.17. The highest BCUT2D eigenvalue weighted by atomic mass is 16.7. The maximum Gasteiger partial charge on any atom is 0.229 e. The van der Waals surface area contributed by atoms with Crippen molar-refractivity contribution in [3.8, 4) is 46.0 Å². The fourth-order valence-corrected chi connectivity index (χ4v) is 15.3. The van der Waals surface area contributed by atoms with Gasteiger partial charge in [-0.2, -0.15) is 0 Å². The number of aliphatic hydroxyl groups excluding tert-OH is 7. The zero-order valence-corrected chi connectivity index (χ0v) is 58.6. The molecule has 0 aromatic heterocycles. The fourth-order valence-electron chi connectivity index (χ4n) is 15.3. The molecule has 566 valence electrons. The number of phenolic OH excluding ortho intramolecular Hbond substituents is 5. The van der Waals surface area contributed by atoms with Gasteiger partial charge >= 0.3 is 0 Å². The van der Waals surface area contributed by atoms with Gasteiger partial charge in [0.15, 0.2) is 35.7 Å². The van der Waals surface area contributed by atoms with Gasteiger partial charge in [-0.05, 0) is 81.1 Å². The topological polar surface area (TPSA) is 484 Å². The number of hydrogen-bond acceptors (Lipinski definition) is 30. The third-order valence-corrected chi connectivity index (χ3v) is 21.2. The maximum absolute atomic E-state index is 14.0. The molecule has 4 aliphatic carbocycles. The number of ether oxygens (including phenoxy) is 8. The van der Waals surface area contributed by atoms with Crippen LogP contribution in [-0.2, 0) is 59.2 Å². The normalized spacial score (nSPS) is 29.4. The largest absolute Gasteiger partial charge is 0.508 e. The summed E-state index contributed by atoms with van der Waals surface area (Å²) in [7, 11) is 2.65. The molecule has 0 saturated carbocycles. The number of carbonyl (C=O) groups excluding carboxylic acids is 6. The molecule has 7 aliphatic rings. The summed E-state index contributed by atoms with van der Waals surface area (Å²) in [5.74, 6) is -6.78. The first-order valence-corrected chi connectivity index (χ1v) is 34.4. The highest BCUT2D eigenvalue weighted by Gasteiger charge is 2.53. The molecule has 3 heterocycles. The van der Waals surface area contributed by atoms with Gasteiger partial charge in [-0.15, -0.1) is 0 Å². The van der Waals surface area contributed by atoms with Gasteiger partial charge in [0.05, 0.1) is 90.8 Å². The van der Waals surface area contributed by atoms with Gasteiger partial charge in [-0.25, -0.2) is 0 Å². The number of aryl methyl sites for hydroxylation is 2. The lowest BCUT2D eigenvalue weighted by Gasteiger charge is -2.43. The Labute approximate surface area is 605 Å². The quantitative estimate of drug-likeness (QED) is 0.0547. The number of Topliss-reactive ketones (excluding diaryl/α,β-unsaturated/α-hetero) is 2. The van der Waals surface area contributed by atoms with Crippen LogP contribution in [0.4, 0.5) is 0 Å². The third-order valence-electron chi connectivity index (χ3n) is 21.2. The van der Waals surface area contributed by atoms with Gasteiger partial charge in [0.1, 0.15) is 88.2 Å². The standard InChI is InChI=1S/C41H47NO16.C35H37NO12/c1-16-10-19(8-9-23(16)57-40-39(52)38(51)35(48)26(15-43)58-40)14-42-22-11-27(55-17(2)32(22)45)56-25-13-41(53,18(3)44)12-21-29(25)37(50)31-30(34(21)47)33(46)20-6-5-7-24(54-4)28(20)36(31)49;1-15-9-17(7-8-21(15)38)13-36-20-10-25(47-16(2)30(20)40)48-23-12-35(45,24(39)14-37)11-19-27(23)34(44)29-28(32(19)42)31(41)18-5-4-6-22(46-3)26(18)33(29)43/h5-10,17,22,25-27,32,35,38-40,42-43,45,47-48,50-53H,11-15H2,1-4H3;4-9,16,20,23,25,30,36-38,40,42,44-45H,10-14H2,1-3H3/t17?,22-,25+,26?,27+,32-,35-,38?,39?,40-,41+;16?,20-,23+,25+,30-,35+/m11/s1. The molecule has 30 nitrogen and oxygen atoms in total. The highest BCUT2D eigenvalue weighted by molar-refractivity contribution is 6.32. The molecule has 13 rings (SSSR count). The molecule has 6 aromatic rings. The predicted molar refractivity (Wildman–Crippen MR) is 366 cm³/mol. The molecule has 16 N–H and O–H groups in total. The monoisotopic (exact) mass is 1470 g/mol. The predicted octanol–water partition coefficient (Wildman–Crippen LogP) is 2.19. The third kappa shape index (κ3) is 13.8. The first kappa shape index (κ1) is 76.7. The number of hydrogen-bond donors (Lipinski definition) is 16. The Bertz CT molecular complexity index is 4500. The lowest BCUT2D eigenvalue weighted by atomic mass is 9.72. The van der Waals surface area contributed by atoms with E-state index in [1.54, 1.807) is 64.1 Å². The summed E-state index contributed by atoms with van der Waals surface area (Å²) in [6.07, 6.45) is -17.5. The van der Waals surface area contributed by atoms with E-state index in [-0.39, 0.29) is 81.1 Å². The van der Waals surface area contributed by atoms with E-state index < -0.39 is 222 Å². The van der Waals surface area contributed by atoms with Crippen molar-refractivity contribution < 1.29 is 138 Å². The molecule has 0 spiro atoms. The molecular weight excluding hydrogens is 1390 g/mol. The van der Waals surface area contributed by atoms with Gasteiger partial charge in [-0.3, -0.25) is 28.8 Å². The number of aromatic hydroxyl groups is 5. The van der Waals surface area contributed by atoms with Gasteiger partial charge < -0.3 is 120 Å². The maximum atomic E-state index is 14.0. The molecule has 3 fully saturated rings. The van der Waals surface area contributed by atoms with Crippen molar-refractivity contribution in [3.05, 3.63) is 162 Å². The number of nitrogens with one attached hydrogen (secondary N) is 2. The van der Waals surface area contributed by atoms with Crippen LogP contribution in [0.5, 0.6) is 46.0 Å². The van der Waals surface area contributed by atoms with Gasteiger partial charge in [0.2, 0.25) is 17.9 Å². The van der Waals surface area contributed by atoms with E-state index in [1.165, 1.54) is 57.5 Å². The number of phenols is 5. The molecular formula is C76H84N2O28. The van der Waals surface area contributed by atoms with Crippen LogP contribution in [0.15, 0.2) is 72.8 Å². The molecule has 3 aliphatic heterocycles. The fraction of sp³-hybridized carbons (Fsp3) is 0.447. The Morgan fingerprint density at radius 2 is 0.991 bits per heavy atom. The van der Waals surface area contributed by atoms with E-state index in [0.29, 0.717) is 23.4 Å². The molecule has 0 bridgehead atoms. The Hall–Kier alpha value is -8.90. The number of fused-ring (bicyclic) bond motifs is 6. The van der Waals surface area contributed by atoms with Crippen LogP contribution >= 0.6 is 0 Å². The summed E-state index contributed by atoms with van der Waals surface area (Å²) in [6, 6.07) is 17.8. The van der Waals surface area contributed by atoms with Crippen LogP contribution in [0, 0.1) is 13.8 Å². The number of aliphatic hydroxyl groups is 9. The van der Waals surface area contributed by atoms with E-state index in [0.717, 1.165) is 11.1 Å². The average molecular weight is 1470 g/mol. The van der Waals surface area contributed by atoms with Crippen molar-refractivity contribution >= 4 is 34.7 Å². The van der Waals surface area contributed by atoms with Crippen molar-refractivity contribution in [2.24, 2.45) is 0 Å². The molecule has 0 amide bonds. The van der Waals surface area contributed by atoms with E-state index in [1.807, 2.05) is 0 Å². The SMILES string of the molecule is COc1cccc2c1C(=O)c1c(O)c3c(c(O)c1C2=O)C[C@@](O)(C(=O)CO)C[C@@H]3O[C@H]1C[C@@H](NCc2ccc(O)c(C)c2)[C@H](O)C(C)O1.COc1cccc2c1C(=O)c1c(O)c3c(c(O)c1C2=O)C[C@@](O)(C(C)=O)C[C@@H]3O[C@H]1C[C@@H](NCc2ccc(O[C@@H]3OC(CO)[C@@H](O)C(O)C3O)c(C)c2)[C@H](O)C(C)O1. The van der Waals surface area contributed by atoms with Gasteiger partial charge in [0.25, 0.3) is 0 Å². The summed E-state index contributed by atoms with van der Waals surface area (Å²) >= 11 is 0. The highest BCUT2D eigenvalue weighted by Crippen LogP contribution is 2.55. The van der Waals surface area contributed by atoms with E-state index in [4.69, 9.17) is 37.9 Å². The first-order valence-electron chi connectivity index (χ1n) is 34.4. The summed E-state index contributed by atoms with van der Waals surface area (Å²) < 4.78 is 46.5. The van der Waals surface area contributed by atoms with Crippen LogP contribution in [0.2, 0.25) is 0 Å². The first-order chi connectivity index (χ1) is 50.3. The van der Waals surface area contributed by atoms with Crippen LogP contribution in [0.1, 0.15) is 167 Å². The lowest BCUT2D eigenvalue weighted by Crippen LogP contribution is -2.60. The zero-order valence-electron chi connectivity index (χ0n) is 58.6. The molecule has 3 saturated heterocycles. The van der Waals surface area contributed by atoms with E-state index >= 15 is 0 Å². The summed E-state index contributed by atoms with van der Waals surface area (Å²) in [4.78, 5) is 81.0. The second-order valence-corrected chi connectivity index (χ2v) is 28.0. The molecule has 0 radical (unpaired) electrons. The summed E-state index contributed by atoms with van der Waals surface area (Å²) in [5, 5.41) is 158. The Morgan fingerprint density at radius 3 is 1.43 bits per heavy atom. The Kier molecular flexibility index (Phi) is 21.7. The van der Waals surface area contributed by atoms with Gasteiger partial charge in [0, 0.05) is 97.1 Å². The summed E-state index contributed by atoms with van der Waals surface area (Å²) in [6.45, 7) is 6.87. The van der Waals surface area contributed by atoms with Crippen LogP contribution in [0.25, 0.3) is 0 Å². The van der Waals surface area contributed by atoms with Crippen LogP contribution < -0.4 is 24.8 Å². The number of carbonyl (C=O) groups is 6. The second kappa shape index (κ2) is 30.0. The lowest BCUT2D eigenvalue weighted by molar-refractivity contribution is -0.277. The Morgan fingerprint density at radius 1 is 0.538 bits per heavy atom. The molecule has 17 atom stereocenters. The number of benzene rings is 6. The van der Waals surface area contributed by atoms with Gasteiger partial charge in [-0.1, -0.05) is 48.5 Å². The molecule has 30 heteroatoms.